The Morgan fingerprint density at radius 2 is 2.22 bits per heavy atom. The first-order chi connectivity index (χ1) is 4.20. The summed E-state index contributed by atoms with van der Waals surface area (Å²) >= 11 is 2.39. The van der Waals surface area contributed by atoms with Gasteiger partial charge in [-0.15, -0.1) is 0 Å². The number of nitrogens with one attached hydrogen (secondary N) is 1. The zero-order chi connectivity index (χ0) is 6.85. The summed E-state index contributed by atoms with van der Waals surface area (Å²) in [5, 5.41) is 3.42. The van der Waals surface area contributed by atoms with E-state index in [0.717, 1.165) is 6.54 Å². The molecule has 2 atom stereocenters. The van der Waals surface area contributed by atoms with E-state index in [1.807, 2.05) is 0 Å². The number of rotatable bonds is 0. The van der Waals surface area contributed by atoms with Gasteiger partial charge in [-0.1, -0.05) is 0 Å². The SMILES string of the molecule is C[C@@H]1CN[C@@H](C)CN1I. The lowest BCUT2D eigenvalue weighted by Gasteiger charge is -2.32. The molecule has 3 heteroatoms. The van der Waals surface area contributed by atoms with Crippen LogP contribution in [0.5, 0.6) is 0 Å². The van der Waals surface area contributed by atoms with E-state index < -0.39 is 0 Å². The number of nitrogens with zero attached hydrogens (tertiary/aromatic N) is 1. The zero-order valence-electron chi connectivity index (χ0n) is 5.89. The third kappa shape index (κ3) is 2.05. The Balaban J connectivity index is 2.35. The van der Waals surface area contributed by atoms with Crippen molar-refractivity contribution in [2.45, 2.75) is 25.9 Å². The van der Waals surface area contributed by atoms with E-state index in [1.54, 1.807) is 0 Å². The highest BCUT2D eigenvalue weighted by Crippen LogP contribution is 2.10. The molecule has 0 unspecified atom stereocenters. The molecule has 1 heterocycles. The van der Waals surface area contributed by atoms with Crippen molar-refractivity contribution in [3.05, 3.63) is 0 Å². The molecule has 54 valence electrons. The summed E-state index contributed by atoms with van der Waals surface area (Å²) in [5.41, 5.74) is 0. The molecule has 0 bridgehead atoms. The summed E-state index contributed by atoms with van der Waals surface area (Å²) in [6.45, 7) is 6.76. The highest BCUT2D eigenvalue weighted by atomic mass is 127. The van der Waals surface area contributed by atoms with E-state index in [2.05, 4.69) is 45.1 Å². The molecule has 0 aromatic carbocycles. The van der Waals surface area contributed by atoms with Crippen LogP contribution in [-0.2, 0) is 0 Å². The van der Waals surface area contributed by atoms with Crippen LogP contribution < -0.4 is 5.32 Å². The van der Waals surface area contributed by atoms with E-state index >= 15 is 0 Å². The van der Waals surface area contributed by atoms with Gasteiger partial charge in [-0.05, 0) is 13.8 Å². The topological polar surface area (TPSA) is 15.3 Å². The molecule has 1 rings (SSSR count). The van der Waals surface area contributed by atoms with Gasteiger partial charge in [0, 0.05) is 48.0 Å². The maximum atomic E-state index is 3.42. The molecule has 0 aromatic rings. The lowest BCUT2D eigenvalue weighted by atomic mass is 10.2. The average molecular weight is 240 g/mol. The Kier molecular flexibility index (Phi) is 2.73. The van der Waals surface area contributed by atoms with Crippen molar-refractivity contribution in [2.75, 3.05) is 13.1 Å². The number of halogens is 1. The second-order valence-corrected chi connectivity index (χ2v) is 3.98. The fraction of sp³-hybridized carbons (Fsp3) is 1.00. The van der Waals surface area contributed by atoms with Crippen LogP contribution in [0.4, 0.5) is 0 Å². The molecular formula is C6H13IN2. The van der Waals surface area contributed by atoms with Crippen molar-refractivity contribution in [2.24, 2.45) is 0 Å². The molecule has 1 fully saturated rings. The van der Waals surface area contributed by atoms with Gasteiger partial charge in [0.15, 0.2) is 0 Å². The van der Waals surface area contributed by atoms with Gasteiger partial charge in [0.2, 0.25) is 0 Å². The van der Waals surface area contributed by atoms with Crippen LogP contribution in [0, 0.1) is 0 Å². The van der Waals surface area contributed by atoms with Crippen LogP contribution >= 0.6 is 22.9 Å². The van der Waals surface area contributed by atoms with Gasteiger partial charge in [0.1, 0.15) is 0 Å². The summed E-state index contributed by atoms with van der Waals surface area (Å²) in [6.07, 6.45) is 0. The molecule has 0 saturated carbocycles. The second-order valence-electron chi connectivity index (χ2n) is 2.74. The van der Waals surface area contributed by atoms with Crippen molar-refractivity contribution in [1.29, 1.82) is 0 Å². The third-order valence-electron chi connectivity index (χ3n) is 1.69. The number of hydrogen-bond donors (Lipinski definition) is 1. The summed E-state index contributed by atoms with van der Waals surface area (Å²) in [6, 6.07) is 1.36. The predicted molar refractivity (Wildman–Crippen MR) is 47.7 cm³/mol. The van der Waals surface area contributed by atoms with E-state index in [-0.39, 0.29) is 0 Å². The van der Waals surface area contributed by atoms with Crippen LogP contribution in [0.15, 0.2) is 0 Å². The summed E-state index contributed by atoms with van der Waals surface area (Å²) < 4.78 is 2.36. The normalized spacial score (nSPS) is 39.0. The van der Waals surface area contributed by atoms with Crippen LogP contribution in [0.3, 0.4) is 0 Å². The highest BCUT2D eigenvalue weighted by Gasteiger charge is 2.19. The van der Waals surface area contributed by atoms with Gasteiger partial charge >= 0.3 is 0 Å². The van der Waals surface area contributed by atoms with E-state index in [4.69, 9.17) is 0 Å². The second kappa shape index (κ2) is 3.16. The minimum Gasteiger partial charge on any atom is -0.311 e. The van der Waals surface area contributed by atoms with Crippen molar-refractivity contribution in [1.82, 2.24) is 8.43 Å². The number of hydrogen-bond acceptors (Lipinski definition) is 2. The van der Waals surface area contributed by atoms with Crippen molar-refractivity contribution < 1.29 is 0 Å². The first-order valence-electron chi connectivity index (χ1n) is 3.36. The summed E-state index contributed by atoms with van der Waals surface area (Å²) in [4.78, 5) is 0. The van der Waals surface area contributed by atoms with Gasteiger partial charge in [-0.2, -0.15) is 0 Å². The maximum Gasteiger partial charge on any atom is 0.0291 e. The molecule has 0 spiro atoms. The molecule has 0 aliphatic carbocycles. The monoisotopic (exact) mass is 240 g/mol. The maximum absolute atomic E-state index is 3.42. The largest absolute Gasteiger partial charge is 0.311 e. The first-order valence-corrected chi connectivity index (χ1v) is 4.32. The average Bonchev–Trinajstić information content (AvgIpc) is 1.80. The smallest absolute Gasteiger partial charge is 0.0291 e. The minimum absolute atomic E-state index is 0.665. The Bertz CT molecular complexity index is 97.1. The zero-order valence-corrected chi connectivity index (χ0v) is 8.05. The lowest BCUT2D eigenvalue weighted by molar-refractivity contribution is 0.286. The lowest BCUT2D eigenvalue weighted by Crippen LogP contribution is -2.50. The highest BCUT2D eigenvalue weighted by molar-refractivity contribution is 14.1. The molecule has 1 N–H and O–H groups in total. The van der Waals surface area contributed by atoms with Crippen molar-refractivity contribution in [3.8, 4) is 0 Å². The fourth-order valence-electron chi connectivity index (χ4n) is 0.977. The quantitative estimate of drug-likeness (QED) is 0.502. The Labute approximate surface area is 70.5 Å². The molecule has 0 radical (unpaired) electrons. The van der Waals surface area contributed by atoms with Crippen LogP contribution in [-0.4, -0.2) is 28.3 Å². The Morgan fingerprint density at radius 1 is 1.56 bits per heavy atom. The standard InChI is InChI=1S/C6H13IN2/c1-5-4-9(7)6(2)3-8-5/h5-6,8H,3-4H2,1-2H3/t5-,6+/m0/s1. The van der Waals surface area contributed by atoms with Crippen molar-refractivity contribution in [3.63, 3.8) is 0 Å². The fourth-order valence-corrected chi connectivity index (χ4v) is 1.76. The molecule has 2 nitrogen and oxygen atoms in total. The van der Waals surface area contributed by atoms with E-state index in [9.17, 15) is 0 Å². The molecule has 1 saturated heterocycles. The molecular weight excluding hydrogens is 227 g/mol. The van der Waals surface area contributed by atoms with Gasteiger partial charge in [-0.25, -0.2) is 3.11 Å². The van der Waals surface area contributed by atoms with Gasteiger partial charge < -0.3 is 5.32 Å². The first kappa shape index (κ1) is 7.75. The third-order valence-corrected chi connectivity index (χ3v) is 3.03. The van der Waals surface area contributed by atoms with Crippen LogP contribution in [0.1, 0.15) is 13.8 Å². The van der Waals surface area contributed by atoms with Gasteiger partial charge in [-0.3, -0.25) is 0 Å². The minimum atomic E-state index is 0.665. The summed E-state index contributed by atoms with van der Waals surface area (Å²) in [5.74, 6) is 0. The van der Waals surface area contributed by atoms with E-state index in [1.165, 1.54) is 6.54 Å². The van der Waals surface area contributed by atoms with Crippen LogP contribution in [0.2, 0.25) is 0 Å². The van der Waals surface area contributed by atoms with Crippen LogP contribution in [0.25, 0.3) is 0 Å². The molecule has 1 aliphatic heterocycles. The molecule has 0 aromatic heterocycles. The van der Waals surface area contributed by atoms with Gasteiger partial charge in [0.25, 0.3) is 0 Å². The van der Waals surface area contributed by atoms with E-state index in [0.29, 0.717) is 12.1 Å². The van der Waals surface area contributed by atoms with Crippen molar-refractivity contribution >= 4 is 22.9 Å². The van der Waals surface area contributed by atoms with Gasteiger partial charge in [0.05, 0.1) is 0 Å². The molecule has 9 heavy (non-hydrogen) atoms. The predicted octanol–water partition coefficient (Wildman–Crippen LogP) is 1.02. The molecule has 1 aliphatic rings. The Morgan fingerprint density at radius 3 is 2.67 bits per heavy atom. The number of piperazine rings is 1. The summed E-state index contributed by atoms with van der Waals surface area (Å²) in [7, 11) is 0. The Hall–Kier alpha value is 0.650. The molecule has 0 amide bonds.